The van der Waals surface area contributed by atoms with E-state index in [0.29, 0.717) is 6.42 Å². The van der Waals surface area contributed by atoms with Crippen molar-refractivity contribution in [3.63, 3.8) is 0 Å². The Kier molecular flexibility index (Phi) is 4.12. The van der Waals surface area contributed by atoms with E-state index in [0.717, 1.165) is 11.1 Å². The Hall–Kier alpha value is -2.24. The molecule has 0 fully saturated rings. The molecule has 0 atom stereocenters. The van der Waals surface area contributed by atoms with Crippen LogP contribution in [0.2, 0.25) is 0 Å². The van der Waals surface area contributed by atoms with E-state index in [-0.39, 0.29) is 12.3 Å². The zero-order chi connectivity index (χ0) is 14.7. The van der Waals surface area contributed by atoms with Crippen molar-refractivity contribution in [2.24, 2.45) is 0 Å². The average molecular weight is 281 g/mol. The van der Waals surface area contributed by atoms with E-state index >= 15 is 0 Å². The summed E-state index contributed by atoms with van der Waals surface area (Å²) < 4.78 is 30.2. The molecule has 0 saturated carbocycles. The van der Waals surface area contributed by atoms with Gasteiger partial charge in [-0.3, -0.25) is 0 Å². The van der Waals surface area contributed by atoms with Gasteiger partial charge in [-0.1, -0.05) is 24.3 Å². The summed E-state index contributed by atoms with van der Waals surface area (Å²) >= 11 is 0. The molecule has 4 nitrogen and oxygen atoms in total. The molecular formula is C14H13F2NO3. The maximum Gasteiger partial charge on any atom is 0.374 e. The van der Waals surface area contributed by atoms with Crippen LogP contribution in [0.15, 0.2) is 28.7 Å². The number of benzene rings is 1. The minimum Gasteiger partial charge on any atom is -0.475 e. The van der Waals surface area contributed by atoms with Crippen molar-refractivity contribution in [3.05, 3.63) is 52.7 Å². The van der Waals surface area contributed by atoms with E-state index in [9.17, 15) is 13.6 Å². The second-order valence-electron chi connectivity index (χ2n) is 4.35. The Morgan fingerprint density at radius 3 is 2.60 bits per heavy atom. The third-order valence-electron chi connectivity index (χ3n) is 2.97. The van der Waals surface area contributed by atoms with Crippen LogP contribution in [0, 0.1) is 6.92 Å². The number of hydrogen-bond donors (Lipinski definition) is 1. The Bertz CT molecular complexity index is 623. The third kappa shape index (κ3) is 3.01. The quantitative estimate of drug-likeness (QED) is 0.912. The van der Waals surface area contributed by atoms with Crippen molar-refractivity contribution in [3.8, 4) is 0 Å². The van der Waals surface area contributed by atoms with Gasteiger partial charge in [-0.2, -0.15) is 0 Å². The lowest BCUT2D eigenvalue weighted by Crippen LogP contribution is -1.99. The highest BCUT2D eigenvalue weighted by atomic mass is 19.3. The molecule has 0 aliphatic carbocycles. The predicted octanol–water partition coefficient (Wildman–Crippen LogP) is 3.40. The number of aryl methyl sites for hydroxylation is 3. The molecule has 0 saturated heterocycles. The number of carboxylic acid groups (broad SMARTS) is 1. The number of aromatic nitrogens is 1. The molecule has 0 unspecified atom stereocenters. The van der Waals surface area contributed by atoms with E-state index in [1.54, 1.807) is 0 Å². The van der Waals surface area contributed by atoms with Crippen LogP contribution in [0.1, 0.15) is 39.7 Å². The van der Waals surface area contributed by atoms with Crippen LogP contribution >= 0.6 is 0 Å². The summed E-state index contributed by atoms with van der Waals surface area (Å²) in [5.74, 6) is -2.30. The molecule has 1 aromatic heterocycles. The normalized spacial score (nSPS) is 11.0. The lowest BCUT2D eigenvalue weighted by Gasteiger charge is -2.02. The first-order valence-electron chi connectivity index (χ1n) is 6.04. The average Bonchev–Trinajstić information content (AvgIpc) is 2.82. The molecule has 20 heavy (non-hydrogen) atoms. The summed E-state index contributed by atoms with van der Waals surface area (Å²) in [6.45, 7) is 1.94. The number of rotatable bonds is 5. The molecule has 1 aromatic carbocycles. The summed E-state index contributed by atoms with van der Waals surface area (Å²) in [4.78, 5) is 14.4. The van der Waals surface area contributed by atoms with Crippen LogP contribution in [-0.2, 0) is 12.8 Å². The zero-order valence-electron chi connectivity index (χ0n) is 10.8. The van der Waals surface area contributed by atoms with Crippen LogP contribution in [0.3, 0.4) is 0 Å². The summed E-state index contributed by atoms with van der Waals surface area (Å²) in [5.41, 5.74) is 1.31. The topological polar surface area (TPSA) is 63.3 Å². The Morgan fingerprint density at radius 1 is 1.35 bits per heavy atom. The molecule has 1 heterocycles. The smallest absolute Gasteiger partial charge is 0.374 e. The first-order valence-corrected chi connectivity index (χ1v) is 6.04. The fourth-order valence-corrected chi connectivity index (χ4v) is 1.92. The van der Waals surface area contributed by atoms with Crippen LogP contribution in [0.25, 0.3) is 0 Å². The van der Waals surface area contributed by atoms with Crippen LogP contribution in [-0.4, -0.2) is 16.1 Å². The SMILES string of the molecule is Cc1ccccc1CCc1nc(C(F)F)c(C(=O)O)o1. The second kappa shape index (κ2) is 5.81. The Balaban J connectivity index is 2.16. The molecule has 1 N–H and O–H groups in total. The number of halogens is 2. The molecule has 0 bridgehead atoms. The first kappa shape index (κ1) is 14.2. The fraction of sp³-hybridized carbons (Fsp3) is 0.286. The van der Waals surface area contributed by atoms with Crippen molar-refractivity contribution in [1.82, 2.24) is 4.98 Å². The largest absolute Gasteiger partial charge is 0.475 e. The van der Waals surface area contributed by atoms with E-state index in [1.807, 2.05) is 31.2 Å². The highest BCUT2D eigenvalue weighted by Gasteiger charge is 2.26. The summed E-state index contributed by atoms with van der Waals surface area (Å²) in [7, 11) is 0. The van der Waals surface area contributed by atoms with Gasteiger partial charge >= 0.3 is 5.97 Å². The van der Waals surface area contributed by atoms with Crippen molar-refractivity contribution in [1.29, 1.82) is 0 Å². The summed E-state index contributed by atoms with van der Waals surface area (Å²) in [5, 5.41) is 8.79. The lowest BCUT2D eigenvalue weighted by atomic mass is 10.0. The van der Waals surface area contributed by atoms with E-state index < -0.39 is 23.8 Å². The number of aromatic carboxylic acids is 1. The standard InChI is InChI=1S/C14H13F2NO3/c1-8-4-2-3-5-9(8)6-7-10-17-11(13(15)16)12(20-10)14(18)19/h2-5,13H,6-7H2,1H3,(H,18,19). The van der Waals surface area contributed by atoms with Gasteiger partial charge in [0.05, 0.1) is 0 Å². The number of nitrogens with zero attached hydrogens (tertiary/aromatic N) is 1. The van der Waals surface area contributed by atoms with Crippen LogP contribution in [0.4, 0.5) is 8.78 Å². The molecule has 6 heteroatoms. The summed E-state index contributed by atoms with van der Waals surface area (Å²) in [6, 6.07) is 7.65. The van der Waals surface area contributed by atoms with Crippen molar-refractivity contribution in [2.75, 3.05) is 0 Å². The molecule has 0 aliphatic heterocycles. The lowest BCUT2D eigenvalue weighted by molar-refractivity contribution is 0.0644. The third-order valence-corrected chi connectivity index (χ3v) is 2.97. The van der Waals surface area contributed by atoms with Gasteiger partial charge in [-0.15, -0.1) is 0 Å². The second-order valence-corrected chi connectivity index (χ2v) is 4.35. The molecule has 0 amide bonds. The van der Waals surface area contributed by atoms with Gasteiger partial charge in [0.2, 0.25) is 5.76 Å². The number of carboxylic acids is 1. The van der Waals surface area contributed by atoms with Gasteiger partial charge in [-0.05, 0) is 24.5 Å². The number of alkyl halides is 2. The van der Waals surface area contributed by atoms with Gasteiger partial charge in [0, 0.05) is 6.42 Å². The van der Waals surface area contributed by atoms with Crippen molar-refractivity contribution < 1.29 is 23.1 Å². The summed E-state index contributed by atoms with van der Waals surface area (Å²) in [6.07, 6.45) is -2.13. The molecule has 0 radical (unpaired) electrons. The first-order chi connectivity index (χ1) is 9.49. The number of hydrogen-bond acceptors (Lipinski definition) is 3. The van der Waals surface area contributed by atoms with Gasteiger partial charge in [-0.25, -0.2) is 18.6 Å². The predicted molar refractivity (Wildman–Crippen MR) is 67.0 cm³/mol. The Morgan fingerprint density at radius 2 is 2.05 bits per heavy atom. The monoisotopic (exact) mass is 281 g/mol. The van der Waals surface area contributed by atoms with Crippen LogP contribution < -0.4 is 0 Å². The molecule has 106 valence electrons. The number of oxazole rings is 1. The molecular weight excluding hydrogens is 268 g/mol. The minimum absolute atomic E-state index is 0.0148. The highest BCUT2D eigenvalue weighted by molar-refractivity contribution is 5.85. The minimum atomic E-state index is -2.96. The van der Waals surface area contributed by atoms with E-state index in [1.165, 1.54) is 0 Å². The maximum absolute atomic E-state index is 12.6. The van der Waals surface area contributed by atoms with Crippen molar-refractivity contribution in [2.45, 2.75) is 26.2 Å². The van der Waals surface area contributed by atoms with E-state index in [2.05, 4.69) is 4.98 Å². The van der Waals surface area contributed by atoms with Gasteiger partial charge in [0.15, 0.2) is 11.6 Å². The van der Waals surface area contributed by atoms with Gasteiger partial charge in [0.1, 0.15) is 0 Å². The molecule has 0 spiro atoms. The molecule has 2 aromatic rings. The van der Waals surface area contributed by atoms with Crippen LogP contribution in [0.5, 0.6) is 0 Å². The number of carbonyl (C=O) groups is 1. The Labute approximate surface area is 114 Å². The zero-order valence-corrected chi connectivity index (χ0v) is 10.8. The fourth-order valence-electron chi connectivity index (χ4n) is 1.92. The van der Waals surface area contributed by atoms with Gasteiger partial charge < -0.3 is 9.52 Å². The highest BCUT2D eigenvalue weighted by Crippen LogP contribution is 2.24. The maximum atomic E-state index is 12.6. The molecule has 0 aliphatic rings. The van der Waals surface area contributed by atoms with Crippen molar-refractivity contribution >= 4 is 5.97 Å². The van der Waals surface area contributed by atoms with Gasteiger partial charge in [0.25, 0.3) is 6.43 Å². The molecule has 2 rings (SSSR count). The van der Waals surface area contributed by atoms with E-state index in [4.69, 9.17) is 9.52 Å².